The summed E-state index contributed by atoms with van der Waals surface area (Å²) in [5.41, 5.74) is 1.21. The molecule has 5 nitrogen and oxygen atoms in total. The van der Waals surface area contributed by atoms with Crippen LogP contribution in [0.15, 0.2) is 33.6 Å². The summed E-state index contributed by atoms with van der Waals surface area (Å²) in [5.74, 6) is 0. The third kappa shape index (κ3) is 3.06. The van der Waals surface area contributed by atoms with Gasteiger partial charge in [-0.05, 0) is 18.6 Å². The lowest BCUT2D eigenvalue weighted by Crippen LogP contribution is -2.24. The van der Waals surface area contributed by atoms with E-state index in [2.05, 4.69) is 25.8 Å². The number of sulfonamides is 1. The average molecular weight is 379 g/mol. The number of aromatic nitrogens is 2. The third-order valence-corrected chi connectivity index (χ3v) is 5.65. The molecule has 0 unspecified atom stereocenters. The van der Waals surface area contributed by atoms with Crippen molar-refractivity contribution >= 4 is 37.6 Å². The molecule has 0 fully saturated rings. The van der Waals surface area contributed by atoms with Crippen LogP contribution in [0.4, 0.5) is 0 Å². The number of rotatable bonds is 4. The van der Waals surface area contributed by atoms with E-state index in [1.165, 1.54) is 4.68 Å². The molecule has 0 saturated heterocycles. The molecule has 0 saturated carbocycles. The van der Waals surface area contributed by atoms with Crippen LogP contribution < -0.4 is 4.72 Å². The zero-order valence-electron chi connectivity index (χ0n) is 10.9. The summed E-state index contributed by atoms with van der Waals surface area (Å²) in [7, 11) is -2.10. The SMILES string of the molecule is Cc1nn(C)c(Cl)c1S(=O)(=O)NCc1ccccc1Br. The standard InChI is InChI=1S/C12H13BrClN3O2S/c1-8-11(12(14)17(2)16-8)20(18,19)15-7-9-5-3-4-6-10(9)13/h3-6,15H,7H2,1-2H3. The second-order valence-electron chi connectivity index (χ2n) is 4.24. The molecular weight excluding hydrogens is 366 g/mol. The smallest absolute Gasteiger partial charge is 0.245 e. The highest BCUT2D eigenvalue weighted by Gasteiger charge is 2.24. The highest BCUT2D eigenvalue weighted by molar-refractivity contribution is 9.10. The molecule has 8 heteroatoms. The molecular formula is C12H13BrClN3O2S. The minimum absolute atomic E-state index is 0.0220. The summed E-state index contributed by atoms with van der Waals surface area (Å²) < 4.78 is 29.3. The minimum atomic E-state index is -3.70. The van der Waals surface area contributed by atoms with Crippen LogP contribution >= 0.6 is 27.5 Å². The van der Waals surface area contributed by atoms with Gasteiger partial charge in [0.25, 0.3) is 0 Å². The summed E-state index contributed by atoms with van der Waals surface area (Å²) in [6.07, 6.45) is 0. The van der Waals surface area contributed by atoms with E-state index < -0.39 is 10.0 Å². The first-order chi connectivity index (χ1) is 9.33. The molecule has 1 aromatic carbocycles. The number of aryl methyl sites for hydroxylation is 2. The van der Waals surface area contributed by atoms with E-state index in [-0.39, 0.29) is 16.6 Å². The lowest BCUT2D eigenvalue weighted by atomic mass is 10.2. The molecule has 1 heterocycles. The Hall–Kier alpha value is -0.890. The first kappa shape index (κ1) is 15.5. The Morgan fingerprint density at radius 2 is 2.05 bits per heavy atom. The van der Waals surface area contributed by atoms with Crippen molar-refractivity contribution in [2.45, 2.75) is 18.4 Å². The second-order valence-corrected chi connectivity index (χ2v) is 7.16. The van der Waals surface area contributed by atoms with Gasteiger partial charge in [-0.1, -0.05) is 45.7 Å². The largest absolute Gasteiger partial charge is 0.255 e. The van der Waals surface area contributed by atoms with Crippen molar-refractivity contribution in [3.63, 3.8) is 0 Å². The van der Waals surface area contributed by atoms with E-state index >= 15 is 0 Å². The average Bonchev–Trinajstić information content (AvgIpc) is 2.62. The van der Waals surface area contributed by atoms with Crippen LogP contribution in [0.25, 0.3) is 0 Å². The fraction of sp³-hybridized carbons (Fsp3) is 0.250. The molecule has 0 aliphatic heterocycles. The first-order valence-corrected chi connectivity index (χ1v) is 8.40. The van der Waals surface area contributed by atoms with E-state index in [9.17, 15) is 8.42 Å². The van der Waals surface area contributed by atoms with Gasteiger partial charge in [-0.25, -0.2) is 13.1 Å². The Morgan fingerprint density at radius 1 is 1.40 bits per heavy atom. The Labute approximate surface area is 131 Å². The van der Waals surface area contributed by atoms with Crippen molar-refractivity contribution in [3.05, 3.63) is 45.1 Å². The van der Waals surface area contributed by atoms with Gasteiger partial charge in [-0.3, -0.25) is 4.68 Å². The monoisotopic (exact) mass is 377 g/mol. The minimum Gasteiger partial charge on any atom is -0.255 e. The summed E-state index contributed by atoms with van der Waals surface area (Å²) >= 11 is 9.36. The van der Waals surface area contributed by atoms with E-state index in [0.29, 0.717) is 5.69 Å². The van der Waals surface area contributed by atoms with Gasteiger partial charge in [0.2, 0.25) is 10.0 Å². The summed E-state index contributed by atoms with van der Waals surface area (Å²) in [5, 5.41) is 4.10. The maximum absolute atomic E-state index is 12.3. The highest BCUT2D eigenvalue weighted by atomic mass is 79.9. The van der Waals surface area contributed by atoms with Crippen molar-refractivity contribution in [1.29, 1.82) is 0 Å². The molecule has 0 bridgehead atoms. The molecule has 0 atom stereocenters. The van der Waals surface area contributed by atoms with Crippen LogP contribution in [-0.2, 0) is 23.6 Å². The lowest BCUT2D eigenvalue weighted by molar-refractivity contribution is 0.580. The van der Waals surface area contributed by atoms with Gasteiger partial charge in [-0.15, -0.1) is 0 Å². The molecule has 20 heavy (non-hydrogen) atoms. The van der Waals surface area contributed by atoms with Crippen LogP contribution in [0.5, 0.6) is 0 Å². The van der Waals surface area contributed by atoms with Crippen LogP contribution in [0.2, 0.25) is 5.15 Å². The van der Waals surface area contributed by atoms with Crippen LogP contribution in [-0.4, -0.2) is 18.2 Å². The van der Waals surface area contributed by atoms with Gasteiger partial charge in [0.15, 0.2) is 0 Å². The molecule has 2 aromatic rings. The number of benzene rings is 1. The van der Waals surface area contributed by atoms with E-state index in [1.54, 1.807) is 14.0 Å². The molecule has 0 aliphatic rings. The fourth-order valence-electron chi connectivity index (χ4n) is 1.80. The normalized spacial score (nSPS) is 11.8. The van der Waals surface area contributed by atoms with Crippen LogP contribution in [0.3, 0.4) is 0 Å². The molecule has 0 amide bonds. The topological polar surface area (TPSA) is 64.0 Å². The number of hydrogen-bond donors (Lipinski definition) is 1. The van der Waals surface area contributed by atoms with Gasteiger partial charge >= 0.3 is 0 Å². The molecule has 0 aliphatic carbocycles. The number of nitrogens with one attached hydrogen (secondary N) is 1. The van der Waals surface area contributed by atoms with Gasteiger partial charge in [0, 0.05) is 18.1 Å². The van der Waals surface area contributed by atoms with Crippen molar-refractivity contribution in [2.24, 2.45) is 7.05 Å². The Kier molecular flexibility index (Phi) is 4.53. The summed E-state index contributed by atoms with van der Waals surface area (Å²) in [6, 6.07) is 7.40. The second kappa shape index (κ2) is 5.85. The molecule has 0 radical (unpaired) electrons. The van der Waals surface area contributed by atoms with Crippen molar-refractivity contribution in [1.82, 2.24) is 14.5 Å². The van der Waals surface area contributed by atoms with E-state index in [4.69, 9.17) is 11.6 Å². The molecule has 0 spiro atoms. The number of nitrogens with zero attached hydrogens (tertiary/aromatic N) is 2. The maximum Gasteiger partial charge on any atom is 0.245 e. The number of halogens is 2. The third-order valence-electron chi connectivity index (χ3n) is 2.78. The molecule has 1 N–H and O–H groups in total. The van der Waals surface area contributed by atoms with Gasteiger partial charge in [0.1, 0.15) is 10.0 Å². The van der Waals surface area contributed by atoms with Crippen LogP contribution in [0.1, 0.15) is 11.3 Å². The van der Waals surface area contributed by atoms with Gasteiger partial charge < -0.3 is 0 Å². The quantitative estimate of drug-likeness (QED) is 0.889. The molecule has 1 aromatic heterocycles. The summed E-state index contributed by atoms with van der Waals surface area (Å²) in [4.78, 5) is 0.0220. The molecule has 2 rings (SSSR count). The lowest BCUT2D eigenvalue weighted by Gasteiger charge is -2.08. The fourth-order valence-corrected chi connectivity index (χ4v) is 3.98. The van der Waals surface area contributed by atoms with Crippen LogP contribution in [0, 0.1) is 6.92 Å². The Morgan fingerprint density at radius 3 is 2.60 bits per heavy atom. The highest BCUT2D eigenvalue weighted by Crippen LogP contribution is 2.24. The van der Waals surface area contributed by atoms with Crippen molar-refractivity contribution in [2.75, 3.05) is 0 Å². The molecule has 108 valence electrons. The Balaban J connectivity index is 2.27. The van der Waals surface area contributed by atoms with E-state index in [1.807, 2.05) is 24.3 Å². The van der Waals surface area contributed by atoms with Gasteiger partial charge in [-0.2, -0.15) is 5.10 Å². The summed E-state index contributed by atoms with van der Waals surface area (Å²) in [6.45, 7) is 1.79. The first-order valence-electron chi connectivity index (χ1n) is 5.75. The number of hydrogen-bond acceptors (Lipinski definition) is 3. The van der Waals surface area contributed by atoms with Gasteiger partial charge in [0.05, 0.1) is 5.69 Å². The maximum atomic E-state index is 12.3. The van der Waals surface area contributed by atoms with E-state index in [0.717, 1.165) is 10.0 Å². The van der Waals surface area contributed by atoms with Crippen molar-refractivity contribution in [3.8, 4) is 0 Å². The Bertz CT molecular complexity index is 743. The predicted molar refractivity (Wildman–Crippen MR) is 81.1 cm³/mol. The van der Waals surface area contributed by atoms with Crippen molar-refractivity contribution < 1.29 is 8.42 Å². The zero-order chi connectivity index (χ0) is 14.9. The zero-order valence-corrected chi connectivity index (χ0v) is 14.1. The predicted octanol–water partition coefficient (Wildman–Crippen LogP) is 2.62.